The van der Waals surface area contributed by atoms with Gasteiger partial charge in [0.25, 0.3) is 0 Å². The monoisotopic (exact) mass is 426 g/mol. The van der Waals surface area contributed by atoms with Crippen molar-refractivity contribution in [2.75, 3.05) is 18.6 Å². The average Bonchev–Trinajstić information content (AvgIpc) is 3.26. The topological polar surface area (TPSA) is 106 Å². The van der Waals surface area contributed by atoms with E-state index in [4.69, 9.17) is 9.47 Å². The lowest BCUT2D eigenvalue weighted by Gasteiger charge is -2.19. The van der Waals surface area contributed by atoms with Gasteiger partial charge in [-0.2, -0.15) is 0 Å². The molecule has 1 N–H and O–H groups in total. The van der Waals surface area contributed by atoms with Gasteiger partial charge < -0.3 is 19.4 Å². The molecule has 1 aromatic heterocycles. The smallest absolute Gasteiger partial charge is 0.312 e. The highest BCUT2D eigenvalue weighted by Crippen LogP contribution is 2.33. The van der Waals surface area contributed by atoms with Crippen molar-refractivity contribution in [1.82, 2.24) is 4.98 Å². The Hall–Kier alpha value is -3.42. The molecule has 31 heavy (non-hydrogen) atoms. The van der Waals surface area contributed by atoms with Crippen LogP contribution < -0.4 is 9.64 Å². The van der Waals surface area contributed by atoms with E-state index in [1.165, 1.54) is 25.9 Å². The molecule has 2 heterocycles. The number of benzene rings is 1. The predicted molar refractivity (Wildman–Crippen MR) is 114 cm³/mol. The highest BCUT2D eigenvalue weighted by atomic mass is 16.5. The molecule has 2 aromatic rings. The summed E-state index contributed by atoms with van der Waals surface area (Å²) >= 11 is 0. The number of esters is 1. The van der Waals surface area contributed by atoms with Crippen molar-refractivity contribution in [1.29, 1.82) is 0 Å². The Bertz CT molecular complexity index is 1050. The number of hydrogen-bond donors (Lipinski definition) is 1. The Kier molecular flexibility index (Phi) is 6.29. The maximum atomic E-state index is 12.8. The summed E-state index contributed by atoms with van der Waals surface area (Å²) in [5.74, 6) is -1.55. The number of ether oxygens (including phenoxy) is 2. The SMILES string of the molecule is COc1ccccc1N1C[C@H](C(=O)O[C@@H](C)C(=O)c2[nH]c(C)c(C(C)=O)c2C)CC1=O. The molecule has 8 heteroatoms. The molecule has 8 nitrogen and oxygen atoms in total. The normalized spacial score (nSPS) is 16.9. The van der Waals surface area contributed by atoms with Crippen LogP contribution in [0.3, 0.4) is 0 Å². The van der Waals surface area contributed by atoms with Crippen molar-refractivity contribution in [3.05, 3.63) is 46.8 Å². The zero-order valence-corrected chi connectivity index (χ0v) is 18.3. The lowest BCUT2D eigenvalue weighted by molar-refractivity contribution is -0.151. The third kappa shape index (κ3) is 4.23. The number of aryl methyl sites for hydroxylation is 1. The van der Waals surface area contributed by atoms with E-state index < -0.39 is 23.8 Å². The predicted octanol–water partition coefficient (Wildman–Crippen LogP) is 3.01. The van der Waals surface area contributed by atoms with Crippen LogP contribution in [0.1, 0.15) is 52.4 Å². The number of carbonyl (C=O) groups excluding carboxylic acids is 4. The number of aromatic nitrogens is 1. The number of hydrogen-bond acceptors (Lipinski definition) is 6. The van der Waals surface area contributed by atoms with Gasteiger partial charge in [0, 0.05) is 24.2 Å². The summed E-state index contributed by atoms with van der Waals surface area (Å²) in [6.07, 6.45) is -1.06. The molecule has 164 valence electrons. The number of ketones is 2. The average molecular weight is 426 g/mol. The molecule has 0 aliphatic carbocycles. The van der Waals surface area contributed by atoms with Gasteiger partial charge in [-0.3, -0.25) is 19.2 Å². The summed E-state index contributed by atoms with van der Waals surface area (Å²) in [6.45, 7) is 6.47. The van der Waals surface area contributed by atoms with Crippen LogP contribution in [0, 0.1) is 19.8 Å². The molecule has 1 saturated heterocycles. The minimum Gasteiger partial charge on any atom is -0.495 e. The van der Waals surface area contributed by atoms with Crippen LogP contribution in [0.5, 0.6) is 5.75 Å². The van der Waals surface area contributed by atoms with E-state index in [0.717, 1.165) is 0 Å². The fourth-order valence-corrected chi connectivity index (χ4v) is 4.00. The Labute approximate surface area is 180 Å². The third-order valence-electron chi connectivity index (χ3n) is 5.53. The first-order valence-electron chi connectivity index (χ1n) is 10.0. The summed E-state index contributed by atoms with van der Waals surface area (Å²) in [6, 6.07) is 7.07. The van der Waals surface area contributed by atoms with E-state index in [2.05, 4.69) is 4.98 Å². The standard InChI is InChI=1S/C23H26N2O6/c1-12-20(14(3)26)13(2)24-21(12)22(28)15(4)31-23(29)16-10-19(27)25(11-16)17-8-6-7-9-18(17)30-5/h6-9,15-16,24H,10-11H2,1-5H3/t15-,16+/m0/s1. The molecule has 1 aromatic carbocycles. The Morgan fingerprint density at radius 3 is 2.48 bits per heavy atom. The minimum absolute atomic E-state index is 0.00703. The number of rotatable bonds is 7. The molecule has 1 aliphatic rings. The number of para-hydroxylation sites is 2. The summed E-state index contributed by atoms with van der Waals surface area (Å²) in [5, 5.41) is 0. The molecular weight excluding hydrogens is 400 g/mol. The molecule has 1 aliphatic heterocycles. The van der Waals surface area contributed by atoms with E-state index in [0.29, 0.717) is 28.3 Å². The van der Waals surface area contributed by atoms with Crippen LogP contribution in [0.25, 0.3) is 0 Å². The molecule has 0 radical (unpaired) electrons. The number of nitrogens with zero attached hydrogens (tertiary/aromatic N) is 1. The number of carbonyl (C=O) groups is 4. The van der Waals surface area contributed by atoms with E-state index in [9.17, 15) is 19.2 Å². The van der Waals surface area contributed by atoms with Gasteiger partial charge in [-0.1, -0.05) is 12.1 Å². The molecule has 0 unspecified atom stereocenters. The second-order valence-corrected chi connectivity index (χ2v) is 7.70. The summed E-state index contributed by atoms with van der Waals surface area (Å²) in [5.41, 5.74) is 2.44. The van der Waals surface area contributed by atoms with E-state index in [1.807, 2.05) is 0 Å². The Morgan fingerprint density at radius 2 is 1.87 bits per heavy atom. The van der Waals surface area contributed by atoms with E-state index in [1.54, 1.807) is 38.1 Å². The van der Waals surface area contributed by atoms with Gasteiger partial charge in [0.1, 0.15) is 5.75 Å². The van der Waals surface area contributed by atoms with Crippen molar-refractivity contribution >= 4 is 29.1 Å². The second-order valence-electron chi connectivity index (χ2n) is 7.70. The first-order valence-corrected chi connectivity index (χ1v) is 10.0. The van der Waals surface area contributed by atoms with Crippen molar-refractivity contribution in [2.24, 2.45) is 5.92 Å². The number of methoxy groups -OCH3 is 1. The molecule has 0 bridgehead atoms. The third-order valence-corrected chi connectivity index (χ3v) is 5.53. The van der Waals surface area contributed by atoms with Gasteiger partial charge in [-0.05, 0) is 45.4 Å². The minimum atomic E-state index is -1.06. The van der Waals surface area contributed by atoms with Crippen LogP contribution in [0.4, 0.5) is 5.69 Å². The van der Waals surface area contributed by atoms with Crippen LogP contribution in [-0.2, 0) is 14.3 Å². The van der Waals surface area contributed by atoms with Gasteiger partial charge in [0.05, 0.1) is 24.4 Å². The van der Waals surface area contributed by atoms with Gasteiger partial charge in [0.15, 0.2) is 11.9 Å². The van der Waals surface area contributed by atoms with Crippen LogP contribution in [0.2, 0.25) is 0 Å². The zero-order valence-electron chi connectivity index (χ0n) is 18.3. The maximum absolute atomic E-state index is 12.8. The molecule has 1 amide bonds. The summed E-state index contributed by atoms with van der Waals surface area (Å²) in [4.78, 5) is 54.2. The highest BCUT2D eigenvalue weighted by molar-refractivity contribution is 6.05. The maximum Gasteiger partial charge on any atom is 0.312 e. The Morgan fingerprint density at radius 1 is 1.19 bits per heavy atom. The van der Waals surface area contributed by atoms with Crippen molar-refractivity contribution in [3.63, 3.8) is 0 Å². The second kappa shape index (κ2) is 8.75. The van der Waals surface area contributed by atoms with E-state index in [-0.39, 0.29) is 30.3 Å². The lowest BCUT2D eigenvalue weighted by atomic mass is 10.0. The lowest BCUT2D eigenvalue weighted by Crippen LogP contribution is -2.31. The quantitative estimate of drug-likeness (QED) is 0.539. The fraction of sp³-hybridized carbons (Fsp3) is 0.391. The number of H-pyrrole nitrogens is 1. The van der Waals surface area contributed by atoms with Gasteiger partial charge >= 0.3 is 5.97 Å². The number of nitrogens with one attached hydrogen (secondary N) is 1. The molecule has 1 fully saturated rings. The first kappa shape index (κ1) is 22.3. The largest absolute Gasteiger partial charge is 0.495 e. The van der Waals surface area contributed by atoms with Crippen LogP contribution >= 0.6 is 0 Å². The van der Waals surface area contributed by atoms with Crippen molar-refractivity contribution in [3.8, 4) is 5.75 Å². The molecule has 0 spiro atoms. The van der Waals surface area contributed by atoms with Crippen molar-refractivity contribution in [2.45, 2.75) is 40.2 Å². The van der Waals surface area contributed by atoms with Gasteiger partial charge in [0.2, 0.25) is 11.7 Å². The molecule has 3 rings (SSSR count). The fourth-order valence-electron chi connectivity index (χ4n) is 4.00. The molecule has 0 saturated carbocycles. The van der Waals surface area contributed by atoms with Gasteiger partial charge in [-0.15, -0.1) is 0 Å². The van der Waals surface area contributed by atoms with E-state index >= 15 is 0 Å². The summed E-state index contributed by atoms with van der Waals surface area (Å²) < 4.78 is 10.7. The zero-order chi connectivity index (χ0) is 22.9. The number of anilines is 1. The van der Waals surface area contributed by atoms with Gasteiger partial charge in [-0.25, -0.2) is 0 Å². The number of amides is 1. The Balaban J connectivity index is 1.71. The number of Topliss-reactive ketones (excluding diaryl/α,β-unsaturated/α-hetero) is 2. The highest BCUT2D eigenvalue weighted by Gasteiger charge is 2.38. The van der Waals surface area contributed by atoms with Crippen molar-refractivity contribution < 1.29 is 28.7 Å². The van der Waals surface area contributed by atoms with Crippen LogP contribution in [-0.4, -0.2) is 48.2 Å². The molecular formula is C23H26N2O6. The summed E-state index contributed by atoms with van der Waals surface area (Å²) in [7, 11) is 1.51. The first-order chi connectivity index (χ1) is 14.6. The van der Waals surface area contributed by atoms with Crippen LogP contribution in [0.15, 0.2) is 24.3 Å². The number of aromatic amines is 1. The molecule has 2 atom stereocenters.